The van der Waals surface area contributed by atoms with E-state index >= 15 is 0 Å². The number of furan rings is 1. The molecule has 0 unspecified atom stereocenters. The molecule has 0 spiro atoms. The average Bonchev–Trinajstić information content (AvgIpc) is 3.45. The van der Waals surface area contributed by atoms with Crippen LogP contribution in [0.5, 0.6) is 11.5 Å². The Balaban J connectivity index is 1.49. The largest absolute Gasteiger partial charge is 0.467 e. The zero-order valence-electron chi connectivity index (χ0n) is 17.2. The van der Waals surface area contributed by atoms with E-state index in [1.807, 2.05) is 11.0 Å². The van der Waals surface area contributed by atoms with Crippen molar-refractivity contribution in [3.63, 3.8) is 0 Å². The van der Waals surface area contributed by atoms with Gasteiger partial charge in [-0.1, -0.05) is 11.8 Å². The first-order chi connectivity index (χ1) is 15.1. The Morgan fingerprint density at radius 2 is 2.10 bits per heavy atom. The third-order valence-electron chi connectivity index (χ3n) is 5.76. The predicted molar refractivity (Wildman–Crippen MR) is 116 cm³/mol. The maximum atomic E-state index is 13.4. The zero-order chi connectivity index (χ0) is 21.4. The van der Waals surface area contributed by atoms with Gasteiger partial charge in [0.05, 0.1) is 29.5 Å². The van der Waals surface area contributed by atoms with Crippen molar-refractivity contribution in [1.29, 1.82) is 0 Å². The highest BCUT2D eigenvalue weighted by Crippen LogP contribution is 2.35. The van der Waals surface area contributed by atoms with Crippen LogP contribution in [0.15, 0.2) is 44.9 Å². The van der Waals surface area contributed by atoms with E-state index in [4.69, 9.17) is 18.9 Å². The fourth-order valence-corrected chi connectivity index (χ4v) is 4.96. The number of thioether (sulfide) groups is 1. The van der Waals surface area contributed by atoms with Crippen LogP contribution in [0.3, 0.4) is 0 Å². The number of aromatic nitrogens is 2. The molecule has 162 valence electrons. The van der Waals surface area contributed by atoms with Crippen LogP contribution in [0.4, 0.5) is 0 Å². The highest BCUT2D eigenvalue weighted by Gasteiger charge is 2.24. The fourth-order valence-electron chi connectivity index (χ4n) is 4.08. The molecular formula is C22H23N3O5S. The first kappa shape index (κ1) is 20.0. The molecule has 0 N–H and O–H groups in total. The van der Waals surface area contributed by atoms with Gasteiger partial charge in [0, 0.05) is 18.7 Å². The van der Waals surface area contributed by atoms with Gasteiger partial charge in [-0.3, -0.25) is 14.2 Å². The van der Waals surface area contributed by atoms with Crippen molar-refractivity contribution in [1.82, 2.24) is 14.5 Å². The minimum atomic E-state index is -0.207. The van der Waals surface area contributed by atoms with E-state index in [0.29, 0.717) is 33.3 Å². The van der Waals surface area contributed by atoms with E-state index in [9.17, 15) is 9.59 Å². The van der Waals surface area contributed by atoms with Crippen LogP contribution < -0.4 is 15.0 Å². The maximum Gasteiger partial charge on any atom is 0.262 e. The molecule has 0 radical (unpaired) electrons. The minimum Gasteiger partial charge on any atom is -0.467 e. The Labute approximate surface area is 183 Å². The molecule has 2 aliphatic rings. The number of ether oxygens (including phenoxy) is 2. The van der Waals surface area contributed by atoms with Gasteiger partial charge in [-0.15, -0.1) is 0 Å². The van der Waals surface area contributed by atoms with Crippen LogP contribution in [-0.4, -0.2) is 45.5 Å². The molecule has 1 amide bonds. The summed E-state index contributed by atoms with van der Waals surface area (Å²) in [6.07, 6.45) is 4.79. The number of carbonyl (C=O) groups excluding carboxylic acids is 1. The van der Waals surface area contributed by atoms with E-state index in [-0.39, 0.29) is 36.6 Å². The van der Waals surface area contributed by atoms with Crippen LogP contribution >= 0.6 is 11.8 Å². The molecule has 8 nitrogen and oxygen atoms in total. The molecule has 0 saturated carbocycles. The second kappa shape index (κ2) is 8.30. The highest BCUT2D eigenvalue weighted by molar-refractivity contribution is 7.99. The molecular weight excluding hydrogens is 418 g/mol. The third kappa shape index (κ3) is 3.89. The second-order valence-corrected chi connectivity index (χ2v) is 8.75. The van der Waals surface area contributed by atoms with Gasteiger partial charge >= 0.3 is 0 Å². The molecule has 0 bridgehead atoms. The summed E-state index contributed by atoms with van der Waals surface area (Å²) in [5.41, 5.74) is 0.312. The molecule has 1 fully saturated rings. The Morgan fingerprint density at radius 3 is 2.87 bits per heavy atom. The van der Waals surface area contributed by atoms with Crippen molar-refractivity contribution in [3.05, 3.63) is 46.6 Å². The summed E-state index contributed by atoms with van der Waals surface area (Å²) < 4.78 is 17.9. The normalized spacial score (nSPS) is 18.0. The van der Waals surface area contributed by atoms with Gasteiger partial charge < -0.3 is 18.8 Å². The maximum absolute atomic E-state index is 13.4. The van der Waals surface area contributed by atoms with Crippen molar-refractivity contribution in [2.24, 2.45) is 0 Å². The van der Waals surface area contributed by atoms with Crippen LogP contribution in [0.2, 0.25) is 0 Å². The van der Waals surface area contributed by atoms with Gasteiger partial charge in [0.25, 0.3) is 5.56 Å². The molecule has 4 heterocycles. The van der Waals surface area contributed by atoms with E-state index in [2.05, 4.69) is 6.92 Å². The van der Waals surface area contributed by atoms with Crippen LogP contribution in [0, 0.1) is 0 Å². The Hall–Kier alpha value is -2.94. The average molecular weight is 442 g/mol. The highest BCUT2D eigenvalue weighted by atomic mass is 32.2. The number of likely N-dealkylation sites (tertiary alicyclic amines) is 1. The quantitative estimate of drug-likeness (QED) is 0.444. The topological polar surface area (TPSA) is 86.8 Å². The Bertz CT molecular complexity index is 1170. The van der Waals surface area contributed by atoms with E-state index in [1.165, 1.54) is 11.8 Å². The number of nitrogens with zero attached hydrogens (tertiary/aromatic N) is 3. The summed E-state index contributed by atoms with van der Waals surface area (Å²) in [7, 11) is 0. The van der Waals surface area contributed by atoms with Gasteiger partial charge in [-0.05, 0) is 44.4 Å². The SMILES string of the molecule is C[C@@H]1CCCCN1C(=O)CSc1nc2cc3c(cc2c(=O)n1Cc1ccco1)OCO3. The van der Waals surface area contributed by atoms with Gasteiger partial charge in [-0.25, -0.2) is 4.98 Å². The number of carbonyl (C=O) groups is 1. The summed E-state index contributed by atoms with van der Waals surface area (Å²) in [5, 5.41) is 0.918. The number of rotatable bonds is 5. The fraction of sp³-hybridized carbons (Fsp3) is 0.409. The number of hydrogen-bond acceptors (Lipinski definition) is 7. The summed E-state index contributed by atoms with van der Waals surface area (Å²) in [5.74, 6) is 2.04. The molecule has 9 heteroatoms. The number of fused-ring (bicyclic) bond motifs is 2. The van der Waals surface area contributed by atoms with E-state index in [0.717, 1.165) is 25.8 Å². The van der Waals surface area contributed by atoms with Crippen molar-refractivity contribution in [2.45, 2.75) is 43.9 Å². The summed E-state index contributed by atoms with van der Waals surface area (Å²) in [6.45, 7) is 3.23. The summed E-state index contributed by atoms with van der Waals surface area (Å²) in [4.78, 5) is 32.8. The van der Waals surface area contributed by atoms with Gasteiger partial charge in [0.2, 0.25) is 12.7 Å². The Kier molecular flexibility index (Phi) is 5.35. The molecule has 31 heavy (non-hydrogen) atoms. The third-order valence-corrected chi connectivity index (χ3v) is 6.72. The summed E-state index contributed by atoms with van der Waals surface area (Å²) >= 11 is 1.28. The molecule has 1 atom stereocenters. The zero-order valence-corrected chi connectivity index (χ0v) is 18.0. The number of benzene rings is 1. The number of piperidine rings is 1. The first-order valence-corrected chi connectivity index (χ1v) is 11.4. The summed E-state index contributed by atoms with van der Waals surface area (Å²) in [6, 6.07) is 7.22. The lowest BCUT2D eigenvalue weighted by Crippen LogP contribution is -2.43. The van der Waals surface area contributed by atoms with Crippen LogP contribution in [-0.2, 0) is 11.3 Å². The standard InChI is InChI=1S/C22H23N3O5S/c1-14-5-2-3-7-24(14)20(26)12-31-22-23-17-10-19-18(29-13-30-19)9-16(17)21(27)25(22)11-15-6-4-8-28-15/h4,6,8-10,14H,2-3,5,7,11-13H2,1H3/t14-/m1/s1. The molecule has 1 saturated heterocycles. The lowest BCUT2D eigenvalue weighted by atomic mass is 10.0. The predicted octanol–water partition coefficient (Wildman–Crippen LogP) is 3.26. The molecule has 2 aliphatic heterocycles. The molecule has 3 aromatic rings. The lowest BCUT2D eigenvalue weighted by Gasteiger charge is -2.33. The van der Waals surface area contributed by atoms with Gasteiger partial charge in [-0.2, -0.15) is 0 Å². The molecule has 5 rings (SSSR count). The van der Waals surface area contributed by atoms with E-state index < -0.39 is 0 Å². The van der Waals surface area contributed by atoms with Crippen molar-refractivity contribution in [3.8, 4) is 11.5 Å². The number of hydrogen-bond donors (Lipinski definition) is 0. The first-order valence-electron chi connectivity index (χ1n) is 10.4. The van der Waals surface area contributed by atoms with Crippen molar-refractivity contribution in [2.75, 3.05) is 19.1 Å². The minimum absolute atomic E-state index is 0.0711. The second-order valence-electron chi connectivity index (χ2n) is 7.81. The number of amides is 1. The Morgan fingerprint density at radius 1 is 1.26 bits per heavy atom. The van der Waals surface area contributed by atoms with E-state index in [1.54, 1.807) is 29.0 Å². The van der Waals surface area contributed by atoms with Gasteiger partial charge in [0.1, 0.15) is 5.76 Å². The lowest BCUT2D eigenvalue weighted by molar-refractivity contribution is -0.131. The van der Waals surface area contributed by atoms with Crippen LogP contribution in [0.25, 0.3) is 10.9 Å². The molecule has 1 aromatic carbocycles. The van der Waals surface area contributed by atoms with Gasteiger partial charge in [0.15, 0.2) is 16.7 Å². The molecule has 0 aliphatic carbocycles. The molecule has 2 aromatic heterocycles. The van der Waals surface area contributed by atoms with Crippen LogP contribution in [0.1, 0.15) is 31.9 Å². The van der Waals surface area contributed by atoms with Crippen molar-refractivity contribution >= 4 is 28.6 Å². The van der Waals surface area contributed by atoms with Crippen molar-refractivity contribution < 1.29 is 18.7 Å². The monoisotopic (exact) mass is 441 g/mol. The smallest absolute Gasteiger partial charge is 0.262 e.